The van der Waals surface area contributed by atoms with Crippen molar-refractivity contribution in [2.24, 2.45) is 0 Å². The lowest BCUT2D eigenvalue weighted by molar-refractivity contribution is 0.723. The number of nitrogens with zero attached hydrogens (tertiary/aromatic N) is 1. The fourth-order valence-electron chi connectivity index (χ4n) is 7.86. The van der Waals surface area contributed by atoms with E-state index in [2.05, 4.69) is 132 Å². The second-order valence-electron chi connectivity index (χ2n) is 12.7. The van der Waals surface area contributed by atoms with Gasteiger partial charge in [0, 0.05) is 17.1 Å². The molecule has 2 saturated carbocycles. The molecule has 0 radical (unpaired) electrons. The Labute approximate surface area is 255 Å². The van der Waals surface area contributed by atoms with Gasteiger partial charge in [0.25, 0.3) is 0 Å². The molecule has 0 aliphatic heterocycles. The molecule has 0 bridgehead atoms. The highest BCUT2D eigenvalue weighted by molar-refractivity contribution is 6.12. The van der Waals surface area contributed by atoms with Crippen LogP contribution in [0.2, 0.25) is 0 Å². The zero-order chi connectivity index (χ0) is 28.6. The minimum Gasteiger partial charge on any atom is -0.311 e. The fraction of sp³-hybridized carbons (Fsp3) is 0.238. The first-order chi connectivity index (χ1) is 21.3. The van der Waals surface area contributed by atoms with E-state index in [9.17, 15) is 0 Å². The Bertz CT molecular complexity index is 1740. The van der Waals surface area contributed by atoms with E-state index in [0.29, 0.717) is 0 Å². The third-order valence-corrected chi connectivity index (χ3v) is 10.1. The first-order valence-corrected chi connectivity index (χ1v) is 16.3. The number of hydrogen-bond donors (Lipinski definition) is 0. The standard InChI is InChI=1S/C42H39N/c1-2-10-30(9-1)32-17-23-37(24-18-32)43(38-25-19-33(20-26-38)31-11-3-4-12-31)39-27-21-34(22-28-39)42-40-15-7-5-13-35(40)29-36-14-6-8-16-41(36)42/h5-8,13-31H,1-4,9-12H2. The average molecular weight is 558 g/mol. The Morgan fingerprint density at radius 1 is 0.419 bits per heavy atom. The van der Waals surface area contributed by atoms with Crippen molar-refractivity contribution < 1.29 is 0 Å². The van der Waals surface area contributed by atoms with Crippen LogP contribution in [0.5, 0.6) is 0 Å². The molecule has 0 N–H and O–H groups in total. The van der Waals surface area contributed by atoms with Gasteiger partial charge in [-0.05, 0) is 124 Å². The van der Waals surface area contributed by atoms with Gasteiger partial charge < -0.3 is 4.90 Å². The summed E-state index contributed by atoms with van der Waals surface area (Å²) < 4.78 is 0. The predicted molar refractivity (Wildman–Crippen MR) is 184 cm³/mol. The molecule has 0 saturated heterocycles. The zero-order valence-electron chi connectivity index (χ0n) is 24.9. The summed E-state index contributed by atoms with van der Waals surface area (Å²) in [6.07, 6.45) is 10.8. The summed E-state index contributed by atoms with van der Waals surface area (Å²) in [4.78, 5) is 2.43. The lowest BCUT2D eigenvalue weighted by Crippen LogP contribution is -2.10. The molecular formula is C42H39N. The minimum absolute atomic E-state index is 0.725. The molecule has 43 heavy (non-hydrogen) atoms. The molecule has 0 spiro atoms. The molecule has 0 aromatic heterocycles. The molecule has 0 atom stereocenters. The van der Waals surface area contributed by atoms with Crippen molar-refractivity contribution in [2.75, 3.05) is 4.90 Å². The van der Waals surface area contributed by atoms with E-state index >= 15 is 0 Å². The van der Waals surface area contributed by atoms with Gasteiger partial charge in [0.2, 0.25) is 0 Å². The van der Waals surface area contributed by atoms with E-state index < -0.39 is 0 Å². The van der Waals surface area contributed by atoms with Crippen LogP contribution in [0, 0.1) is 0 Å². The Morgan fingerprint density at radius 3 is 1.26 bits per heavy atom. The first-order valence-electron chi connectivity index (χ1n) is 16.3. The summed E-state index contributed by atoms with van der Waals surface area (Å²) >= 11 is 0. The Balaban J connectivity index is 1.20. The second-order valence-corrected chi connectivity index (χ2v) is 12.7. The highest BCUT2D eigenvalue weighted by Crippen LogP contribution is 2.42. The van der Waals surface area contributed by atoms with Crippen molar-refractivity contribution in [2.45, 2.75) is 63.2 Å². The number of rotatable bonds is 6. The second kappa shape index (κ2) is 11.4. The van der Waals surface area contributed by atoms with E-state index in [1.807, 2.05) is 0 Å². The summed E-state index contributed by atoms with van der Waals surface area (Å²) in [6, 6.07) is 48.0. The number of anilines is 3. The Kier molecular flexibility index (Phi) is 6.95. The van der Waals surface area contributed by atoms with E-state index in [4.69, 9.17) is 0 Å². The van der Waals surface area contributed by atoms with Gasteiger partial charge >= 0.3 is 0 Å². The first kappa shape index (κ1) is 26.3. The van der Waals surface area contributed by atoms with Crippen molar-refractivity contribution in [3.05, 3.63) is 139 Å². The Morgan fingerprint density at radius 2 is 0.814 bits per heavy atom. The molecule has 6 aromatic rings. The van der Waals surface area contributed by atoms with Crippen molar-refractivity contribution in [1.29, 1.82) is 0 Å². The van der Waals surface area contributed by atoms with Crippen LogP contribution in [-0.2, 0) is 0 Å². The lowest BCUT2D eigenvalue weighted by Gasteiger charge is -2.27. The molecule has 0 unspecified atom stereocenters. The fourth-order valence-corrected chi connectivity index (χ4v) is 7.86. The van der Waals surface area contributed by atoms with Crippen LogP contribution >= 0.6 is 0 Å². The van der Waals surface area contributed by atoms with Crippen molar-refractivity contribution >= 4 is 38.6 Å². The van der Waals surface area contributed by atoms with Crippen LogP contribution in [0.25, 0.3) is 32.7 Å². The summed E-state index contributed by atoms with van der Waals surface area (Å²) in [5.41, 5.74) is 9.19. The van der Waals surface area contributed by atoms with Crippen LogP contribution in [-0.4, -0.2) is 0 Å². The zero-order valence-corrected chi connectivity index (χ0v) is 24.9. The maximum absolute atomic E-state index is 2.43. The average Bonchev–Trinajstić information content (AvgIpc) is 3.81. The predicted octanol–water partition coefficient (Wildman–Crippen LogP) is 12.4. The molecule has 212 valence electrons. The summed E-state index contributed by atoms with van der Waals surface area (Å²) in [7, 11) is 0. The molecule has 1 nitrogen and oxygen atoms in total. The summed E-state index contributed by atoms with van der Waals surface area (Å²) in [5.74, 6) is 1.45. The minimum atomic E-state index is 0.725. The highest BCUT2D eigenvalue weighted by Gasteiger charge is 2.20. The molecule has 0 amide bonds. The number of benzene rings is 6. The van der Waals surface area contributed by atoms with Crippen molar-refractivity contribution in [1.82, 2.24) is 0 Å². The SMILES string of the molecule is c1ccc2c(-c3ccc(N(c4ccc(C5CCCC5)cc4)c4ccc(C5CCCC5)cc4)cc3)c3ccccc3cc2c1. The van der Waals surface area contributed by atoms with Gasteiger partial charge in [-0.1, -0.05) is 111 Å². The van der Waals surface area contributed by atoms with Crippen molar-refractivity contribution in [3.63, 3.8) is 0 Å². The maximum Gasteiger partial charge on any atom is 0.0462 e. The van der Waals surface area contributed by atoms with E-state index in [1.54, 1.807) is 0 Å². The molecule has 8 rings (SSSR count). The smallest absolute Gasteiger partial charge is 0.0462 e. The Hall–Kier alpha value is -4.36. The van der Waals surface area contributed by atoms with Crippen LogP contribution in [0.3, 0.4) is 0 Å². The third kappa shape index (κ3) is 5.01. The van der Waals surface area contributed by atoms with Gasteiger partial charge in [-0.2, -0.15) is 0 Å². The van der Waals surface area contributed by atoms with Crippen LogP contribution in [0.1, 0.15) is 74.3 Å². The van der Waals surface area contributed by atoms with E-state index in [1.165, 1.54) is 112 Å². The molecule has 2 fully saturated rings. The maximum atomic E-state index is 2.43. The quantitative estimate of drug-likeness (QED) is 0.184. The van der Waals surface area contributed by atoms with Gasteiger partial charge in [0.05, 0.1) is 0 Å². The van der Waals surface area contributed by atoms with E-state index in [0.717, 1.165) is 11.8 Å². The molecular weight excluding hydrogens is 518 g/mol. The largest absolute Gasteiger partial charge is 0.311 e. The van der Waals surface area contributed by atoms with Gasteiger partial charge in [0.1, 0.15) is 0 Å². The van der Waals surface area contributed by atoms with Crippen molar-refractivity contribution in [3.8, 4) is 11.1 Å². The number of fused-ring (bicyclic) bond motifs is 2. The summed E-state index contributed by atoms with van der Waals surface area (Å²) in [5, 5.41) is 5.17. The summed E-state index contributed by atoms with van der Waals surface area (Å²) in [6.45, 7) is 0. The topological polar surface area (TPSA) is 3.24 Å². The molecule has 0 heterocycles. The molecule has 2 aliphatic carbocycles. The van der Waals surface area contributed by atoms with Crippen LogP contribution in [0.15, 0.2) is 127 Å². The lowest BCUT2D eigenvalue weighted by atomic mass is 9.92. The normalized spacial score (nSPS) is 15.9. The van der Waals surface area contributed by atoms with Crippen LogP contribution < -0.4 is 4.90 Å². The van der Waals surface area contributed by atoms with Crippen LogP contribution in [0.4, 0.5) is 17.1 Å². The van der Waals surface area contributed by atoms with Gasteiger partial charge in [-0.25, -0.2) is 0 Å². The van der Waals surface area contributed by atoms with Gasteiger partial charge in [0.15, 0.2) is 0 Å². The highest BCUT2D eigenvalue weighted by atomic mass is 15.1. The molecule has 6 aromatic carbocycles. The third-order valence-electron chi connectivity index (χ3n) is 10.1. The molecule has 1 heteroatoms. The van der Waals surface area contributed by atoms with Gasteiger partial charge in [-0.15, -0.1) is 0 Å². The van der Waals surface area contributed by atoms with Gasteiger partial charge in [-0.3, -0.25) is 0 Å². The number of hydrogen-bond acceptors (Lipinski definition) is 1. The monoisotopic (exact) mass is 557 g/mol. The molecule has 2 aliphatic rings. The van der Waals surface area contributed by atoms with E-state index in [-0.39, 0.29) is 0 Å².